The van der Waals surface area contributed by atoms with Gasteiger partial charge in [-0.1, -0.05) is 28.1 Å². The van der Waals surface area contributed by atoms with Crippen LogP contribution in [0.2, 0.25) is 0 Å². The number of rotatable bonds is 3. The first-order chi connectivity index (χ1) is 11.2. The van der Waals surface area contributed by atoms with Crippen LogP contribution in [-0.4, -0.2) is 17.9 Å². The molecule has 0 aliphatic heterocycles. The summed E-state index contributed by atoms with van der Waals surface area (Å²) in [4.78, 5) is 5.02. The van der Waals surface area contributed by atoms with Gasteiger partial charge >= 0.3 is 0 Å². The van der Waals surface area contributed by atoms with Gasteiger partial charge in [-0.05, 0) is 42.0 Å². The van der Waals surface area contributed by atoms with Crippen LogP contribution in [0.3, 0.4) is 0 Å². The van der Waals surface area contributed by atoms with Crippen LogP contribution in [0.1, 0.15) is 5.56 Å². The number of aromatic nitrogens is 1. The first-order valence-electron chi connectivity index (χ1n) is 6.86. The highest BCUT2D eigenvalue weighted by Crippen LogP contribution is 2.20. The normalized spacial score (nSPS) is 12.2. The quantitative estimate of drug-likeness (QED) is 0.589. The van der Waals surface area contributed by atoms with Crippen molar-refractivity contribution in [2.75, 3.05) is 7.05 Å². The van der Waals surface area contributed by atoms with Gasteiger partial charge in [-0.3, -0.25) is 4.99 Å². The highest BCUT2D eigenvalue weighted by atomic mass is 79.9. The molecule has 0 aliphatic carbocycles. The molecule has 1 heterocycles. The fourth-order valence-electron chi connectivity index (χ4n) is 2.05. The van der Waals surface area contributed by atoms with E-state index in [0.717, 1.165) is 26.1 Å². The summed E-state index contributed by atoms with van der Waals surface area (Å²) in [6.07, 6.45) is 1.78. The minimum absolute atomic E-state index is 0.255. The van der Waals surface area contributed by atoms with Crippen LogP contribution in [0.5, 0.6) is 0 Å². The minimum atomic E-state index is -0.255. The molecule has 2 aromatic carbocycles. The van der Waals surface area contributed by atoms with Crippen molar-refractivity contribution in [3.05, 3.63) is 74.6 Å². The van der Waals surface area contributed by atoms with Crippen molar-refractivity contribution >= 4 is 33.5 Å². The number of hydrogen-bond acceptors (Lipinski definition) is 3. The summed E-state index contributed by atoms with van der Waals surface area (Å²) in [6, 6.07) is 14.2. The molecule has 1 aromatic heterocycles. The van der Waals surface area contributed by atoms with Crippen molar-refractivity contribution < 1.29 is 4.39 Å². The molecule has 3 rings (SSSR count). The van der Waals surface area contributed by atoms with E-state index in [9.17, 15) is 4.39 Å². The highest BCUT2D eigenvalue weighted by Gasteiger charge is 2.07. The van der Waals surface area contributed by atoms with Crippen LogP contribution in [-0.2, 0) is 0 Å². The molecule has 0 spiro atoms. The Balaban J connectivity index is 2.02. The van der Waals surface area contributed by atoms with Crippen LogP contribution in [0.4, 0.5) is 4.39 Å². The van der Waals surface area contributed by atoms with Crippen LogP contribution in [0.15, 0.2) is 68.5 Å². The molecule has 3 aromatic rings. The molecule has 0 amide bonds. The first kappa shape index (κ1) is 15.8. The Morgan fingerprint density at radius 1 is 1.09 bits per heavy atom. The molecule has 0 bridgehead atoms. The minimum Gasteiger partial charge on any atom is -0.261 e. The van der Waals surface area contributed by atoms with E-state index >= 15 is 0 Å². The number of nitrogens with zero attached hydrogens (tertiary/aromatic N) is 3. The second kappa shape index (κ2) is 7.02. The van der Waals surface area contributed by atoms with Crippen LogP contribution >= 0.6 is 27.3 Å². The predicted molar refractivity (Wildman–Crippen MR) is 96.3 cm³/mol. The molecule has 0 unspecified atom stereocenters. The molecule has 0 atom stereocenters. The zero-order valence-electron chi connectivity index (χ0n) is 12.3. The largest absolute Gasteiger partial charge is 0.261 e. The number of benzene rings is 2. The van der Waals surface area contributed by atoms with Crippen LogP contribution in [0, 0.1) is 5.82 Å². The molecule has 23 heavy (non-hydrogen) atoms. The van der Waals surface area contributed by atoms with Crippen molar-refractivity contribution in [1.29, 1.82) is 0 Å². The standard InChI is InChI=1S/C17H13BrFN3S/c1-20-17-22(21-10-12-2-6-14(18)7-3-12)16(11-23-17)13-4-8-15(19)9-5-13/h2-11H,1H3/b20-17?,21-10+. The van der Waals surface area contributed by atoms with Gasteiger partial charge in [0.25, 0.3) is 0 Å². The van der Waals surface area contributed by atoms with E-state index in [0.29, 0.717) is 0 Å². The van der Waals surface area contributed by atoms with E-state index < -0.39 is 0 Å². The molecule has 0 radical (unpaired) electrons. The Hall–Kier alpha value is -2.05. The molecule has 0 N–H and O–H groups in total. The van der Waals surface area contributed by atoms with Crippen LogP contribution < -0.4 is 4.80 Å². The maximum absolute atomic E-state index is 13.1. The van der Waals surface area contributed by atoms with Gasteiger partial charge < -0.3 is 0 Å². The van der Waals surface area contributed by atoms with Gasteiger partial charge in [-0.15, -0.1) is 11.3 Å². The summed E-state index contributed by atoms with van der Waals surface area (Å²) in [5.74, 6) is -0.255. The third-order valence-corrected chi connectivity index (χ3v) is 4.65. The Bertz CT molecular complexity index is 893. The van der Waals surface area contributed by atoms with Gasteiger partial charge in [-0.2, -0.15) is 5.10 Å². The smallest absolute Gasteiger partial charge is 0.205 e. The third-order valence-electron chi connectivity index (χ3n) is 3.21. The molecule has 0 saturated heterocycles. The van der Waals surface area contributed by atoms with E-state index in [1.165, 1.54) is 23.5 Å². The molecular weight excluding hydrogens is 377 g/mol. The summed E-state index contributed by atoms with van der Waals surface area (Å²) in [5.41, 5.74) is 2.76. The van der Waals surface area contributed by atoms with Gasteiger partial charge in [0.05, 0.1) is 11.9 Å². The Labute approximate surface area is 145 Å². The Morgan fingerprint density at radius 3 is 2.43 bits per heavy atom. The van der Waals surface area contributed by atoms with Gasteiger partial charge in [0, 0.05) is 22.5 Å². The number of thiazole rings is 1. The second-order valence-electron chi connectivity index (χ2n) is 4.74. The number of halogens is 2. The van der Waals surface area contributed by atoms with E-state index in [2.05, 4.69) is 26.0 Å². The van der Waals surface area contributed by atoms with Crippen LogP contribution in [0.25, 0.3) is 11.3 Å². The van der Waals surface area contributed by atoms with Crippen molar-refractivity contribution in [3.8, 4) is 11.3 Å². The maximum Gasteiger partial charge on any atom is 0.205 e. The van der Waals surface area contributed by atoms with E-state index in [1.807, 2.05) is 29.6 Å². The van der Waals surface area contributed by atoms with Gasteiger partial charge in [0.2, 0.25) is 4.80 Å². The fraction of sp³-hybridized carbons (Fsp3) is 0.0588. The fourth-order valence-corrected chi connectivity index (χ4v) is 3.12. The molecule has 0 aliphatic rings. The van der Waals surface area contributed by atoms with Gasteiger partial charge in [0.1, 0.15) is 5.82 Å². The van der Waals surface area contributed by atoms with Gasteiger partial charge in [0.15, 0.2) is 0 Å². The Morgan fingerprint density at radius 2 is 1.78 bits per heavy atom. The van der Waals surface area contributed by atoms with Crippen molar-refractivity contribution in [1.82, 2.24) is 4.68 Å². The average molecular weight is 390 g/mol. The van der Waals surface area contributed by atoms with Gasteiger partial charge in [-0.25, -0.2) is 9.07 Å². The summed E-state index contributed by atoms with van der Waals surface area (Å²) in [5, 5.41) is 6.50. The third kappa shape index (κ3) is 3.65. The number of hydrogen-bond donors (Lipinski definition) is 0. The average Bonchev–Trinajstić information content (AvgIpc) is 2.98. The summed E-state index contributed by atoms with van der Waals surface area (Å²) < 4.78 is 15.9. The molecular formula is C17H13BrFN3S. The lowest BCUT2D eigenvalue weighted by Crippen LogP contribution is -2.11. The topological polar surface area (TPSA) is 29.6 Å². The zero-order chi connectivity index (χ0) is 16.2. The first-order valence-corrected chi connectivity index (χ1v) is 8.54. The molecule has 6 heteroatoms. The van der Waals surface area contributed by atoms with Crippen molar-refractivity contribution in [3.63, 3.8) is 0 Å². The lowest BCUT2D eigenvalue weighted by Gasteiger charge is -2.03. The Kier molecular flexibility index (Phi) is 4.83. The highest BCUT2D eigenvalue weighted by molar-refractivity contribution is 9.10. The molecule has 3 nitrogen and oxygen atoms in total. The van der Waals surface area contributed by atoms with E-state index in [1.54, 1.807) is 30.1 Å². The lowest BCUT2D eigenvalue weighted by molar-refractivity contribution is 0.628. The monoisotopic (exact) mass is 389 g/mol. The van der Waals surface area contributed by atoms with Crippen molar-refractivity contribution in [2.24, 2.45) is 10.1 Å². The zero-order valence-corrected chi connectivity index (χ0v) is 14.7. The lowest BCUT2D eigenvalue weighted by atomic mass is 10.2. The summed E-state index contributed by atoms with van der Waals surface area (Å²) >= 11 is 4.91. The second-order valence-corrected chi connectivity index (χ2v) is 6.49. The SMILES string of the molecule is CN=c1scc(-c2ccc(F)cc2)n1/N=C/c1ccc(Br)cc1. The molecule has 0 fully saturated rings. The van der Waals surface area contributed by atoms with E-state index in [4.69, 9.17) is 0 Å². The predicted octanol–water partition coefficient (Wildman–Crippen LogP) is 4.53. The molecule has 0 saturated carbocycles. The maximum atomic E-state index is 13.1. The van der Waals surface area contributed by atoms with E-state index in [-0.39, 0.29) is 5.82 Å². The summed E-state index contributed by atoms with van der Waals surface area (Å²) in [6.45, 7) is 0. The summed E-state index contributed by atoms with van der Waals surface area (Å²) in [7, 11) is 1.73. The molecule has 116 valence electrons. The van der Waals surface area contributed by atoms with Crippen molar-refractivity contribution in [2.45, 2.75) is 0 Å².